The molecule has 5 heteroatoms. The van der Waals surface area contributed by atoms with Gasteiger partial charge in [-0.05, 0) is 25.8 Å². The Labute approximate surface area is 109 Å². The third-order valence-corrected chi connectivity index (χ3v) is 3.85. The Kier molecular flexibility index (Phi) is 4.35. The van der Waals surface area contributed by atoms with Crippen LogP contribution in [0.25, 0.3) is 0 Å². The van der Waals surface area contributed by atoms with Crippen molar-refractivity contribution < 1.29 is 5.11 Å². The summed E-state index contributed by atoms with van der Waals surface area (Å²) in [6.07, 6.45) is 4.93. The molecule has 5 nitrogen and oxygen atoms in total. The van der Waals surface area contributed by atoms with Crippen LogP contribution < -0.4 is 0 Å². The van der Waals surface area contributed by atoms with Crippen molar-refractivity contribution in [1.29, 1.82) is 0 Å². The van der Waals surface area contributed by atoms with Crippen molar-refractivity contribution in [3.63, 3.8) is 0 Å². The Morgan fingerprint density at radius 2 is 2.06 bits per heavy atom. The minimum Gasteiger partial charge on any atom is -0.389 e. The molecule has 0 atom stereocenters. The summed E-state index contributed by atoms with van der Waals surface area (Å²) in [5.74, 6) is 0.921. The van der Waals surface area contributed by atoms with Crippen molar-refractivity contribution in [2.24, 2.45) is 0 Å². The van der Waals surface area contributed by atoms with Crippen LogP contribution in [0.5, 0.6) is 0 Å². The zero-order chi connectivity index (χ0) is 13.0. The summed E-state index contributed by atoms with van der Waals surface area (Å²) in [5, 5.41) is 14.9. The fraction of sp³-hybridized carbons (Fsp3) is 0.846. The van der Waals surface area contributed by atoms with Crippen LogP contribution in [0, 0.1) is 0 Å². The van der Waals surface area contributed by atoms with E-state index in [2.05, 4.69) is 28.8 Å². The molecule has 0 aromatic carbocycles. The lowest BCUT2D eigenvalue weighted by molar-refractivity contribution is -0.0215. The first-order chi connectivity index (χ1) is 8.67. The number of aryl methyl sites for hydroxylation is 1. The molecule has 2 heterocycles. The summed E-state index contributed by atoms with van der Waals surface area (Å²) in [4.78, 5) is 6.67. The number of likely N-dealkylation sites (tertiary alicyclic amines) is 1. The molecule has 1 fully saturated rings. The van der Waals surface area contributed by atoms with Crippen LogP contribution in [-0.2, 0) is 13.0 Å². The Bertz CT molecular complexity index is 369. The average Bonchev–Trinajstić information content (AvgIpc) is 2.78. The lowest BCUT2D eigenvalue weighted by Gasteiger charge is -2.37. The molecule has 0 aliphatic carbocycles. The van der Waals surface area contributed by atoms with Gasteiger partial charge in [0, 0.05) is 26.1 Å². The minimum absolute atomic E-state index is 0.593. The van der Waals surface area contributed by atoms with E-state index < -0.39 is 5.60 Å². The molecular weight excluding hydrogens is 228 g/mol. The summed E-state index contributed by atoms with van der Waals surface area (Å²) in [6.45, 7) is 8.21. The normalized spacial score (nSPS) is 20.2. The zero-order valence-electron chi connectivity index (χ0n) is 11.5. The number of rotatable bonds is 5. The predicted molar refractivity (Wildman–Crippen MR) is 70.3 cm³/mol. The SMILES string of the molecule is CCCn1ncnc1CC1(O)CCN(CC)CC1. The van der Waals surface area contributed by atoms with Gasteiger partial charge in [0.2, 0.25) is 0 Å². The Hall–Kier alpha value is -0.940. The molecule has 0 amide bonds. The number of hydrogen-bond donors (Lipinski definition) is 1. The van der Waals surface area contributed by atoms with Gasteiger partial charge in [0.1, 0.15) is 12.2 Å². The number of piperidine rings is 1. The highest BCUT2D eigenvalue weighted by atomic mass is 16.3. The molecule has 102 valence electrons. The molecule has 1 N–H and O–H groups in total. The van der Waals surface area contributed by atoms with E-state index in [9.17, 15) is 5.11 Å². The molecule has 1 aliphatic rings. The molecule has 1 aromatic rings. The standard InChI is InChI=1S/C13H24N4O/c1-3-7-17-12(14-11-15-17)10-13(18)5-8-16(4-2)9-6-13/h11,18H,3-10H2,1-2H3. The molecule has 0 saturated carbocycles. The second-order valence-corrected chi connectivity index (χ2v) is 5.23. The van der Waals surface area contributed by atoms with Crippen molar-refractivity contribution in [2.45, 2.75) is 51.7 Å². The van der Waals surface area contributed by atoms with Gasteiger partial charge in [0.25, 0.3) is 0 Å². The third-order valence-electron chi connectivity index (χ3n) is 3.85. The number of aromatic nitrogens is 3. The van der Waals surface area contributed by atoms with Crippen LogP contribution in [0.15, 0.2) is 6.33 Å². The summed E-state index contributed by atoms with van der Waals surface area (Å²) in [6, 6.07) is 0. The van der Waals surface area contributed by atoms with Crippen molar-refractivity contribution in [1.82, 2.24) is 19.7 Å². The summed E-state index contributed by atoms with van der Waals surface area (Å²) in [7, 11) is 0. The van der Waals surface area contributed by atoms with Gasteiger partial charge in [-0.2, -0.15) is 5.10 Å². The lowest BCUT2D eigenvalue weighted by Crippen LogP contribution is -2.46. The van der Waals surface area contributed by atoms with Crippen molar-refractivity contribution in [3.05, 3.63) is 12.2 Å². The van der Waals surface area contributed by atoms with E-state index in [1.54, 1.807) is 6.33 Å². The lowest BCUT2D eigenvalue weighted by atomic mass is 9.88. The van der Waals surface area contributed by atoms with Crippen LogP contribution in [0.1, 0.15) is 38.9 Å². The maximum Gasteiger partial charge on any atom is 0.138 e. The fourth-order valence-electron chi connectivity index (χ4n) is 2.58. The van der Waals surface area contributed by atoms with E-state index in [4.69, 9.17) is 0 Å². The molecule has 0 radical (unpaired) electrons. The average molecular weight is 252 g/mol. The zero-order valence-corrected chi connectivity index (χ0v) is 11.5. The van der Waals surface area contributed by atoms with Crippen LogP contribution in [0.3, 0.4) is 0 Å². The van der Waals surface area contributed by atoms with E-state index in [1.807, 2.05) is 4.68 Å². The largest absolute Gasteiger partial charge is 0.389 e. The van der Waals surface area contributed by atoms with Gasteiger partial charge in [-0.3, -0.25) is 4.68 Å². The first-order valence-corrected chi connectivity index (χ1v) is 6.98. The first-order valence-electron chi connectivity index (χ1n) is 6.98. The highest BCUT2D eigenvalue weighted by molar-refractivity contribution is 4.97. The van der Waals surface area contributed by atoms with E-state index in [0.717, 1.165) is 51.3 Å². The van der Waals surface area contributed by atoms with Gasteiger partial charge >= 0.3 is 0 Å². The number of nitrogens with zero attached hydrogens (tertiary/aromatic N) is 4. The Balaban J connectivity index is 1.98. The van der Waals surface area contributed by atoms with E-state index in [-0.39, 0.29) is 0 Å². The highest BCUT2D eigenvalue weighted by Gasteiger charge is 2.33. The van der Waals surface area contributed by atoms with Gasteiger partial charge in [0.15, 0.2) is 0 Å². The van der Waals surface area contributed by atoms with Crippen LogP contribution in [-0.4, -0.2) is 50.0 Å². The monoisotopic (exact) mass is 252 g/mol. The molecule has 2 rings (SSSR count). The molecule has 1 aromatic heterocycles. The first kappa shape index (κ1) is 13.5. The van der Waals surface area contributed by atoms with Gasteiger partial charge in [-0.1, -0.05) is 13.8 Å². The molecule has 18 heavy (non-hydrogen) atoms. The highest BCUT2D eigenvalue weighted by Crippen LogP contribution is 2.25. The topological polar surface area (TPSA) is 54.2 Å². The quantitative estimate of drug-likeness (QED) is 0.852. The van der Waals surface area contributed by atoms with Crippen molar-refractivity contribution >= 4 is 0 Å². The Morgan fingerprint density at radius 3 is 2.67 bits per heavy atom. The van der Waals surface area contributed by atoms with Crippen molar-refractivity contribution in [2.75, 3.05) is 19.6 Å². The molecule has 0 spiro atoms. The Morgan fingerprint density at radius 1 is 1.33 bits per heavy atom. The van der Waals surface area contributed by atoms with Gasteiger partial charge in [-0.15, -0.1) is 0 Å². The van der Waals surface area contributed by atoms with Gasteiger partial charge in [0.05, 0.1) is 5.60 Å². The summed E-state index contributed by atoms with van der Waals surface area (Å²) >= 11 is 0. The minimum atomic E-state index is -0.593. The third kappa shape index (κ3) is 3.09. The fourth-order valence-corrected chi connectivity index (χ4v) is 2.58. The van der Waals surface area contributed by atoms with E-state index in [1.165, 1.54) is 0 Å². The molecule has 1 saturated heterocycles. The molecule has 1 aliphatic heterocycles. The molecular formula is C13H24N4O. The number of aliphatic hydroxyl groups is 1. The van der Waals surface area contributed by atoms with Crippen molar-refractivity contribution in [3.8, 4) is 0 Å². The summed E-state index contributed by atoms with van der Waals surface area (Å²) in [5.41, 5.74) is -0.593. The molecule has 0 unspecified atom stereocenters. The predicted octanol–water partition coefficient (Wildman–Crippen LogP) is 1.08. The van der Waals surface area contributed by atoms with E-state index in [0.29, 0.717) is 6.42 Å². The number of hydrogen-bond acceptors (Lipinski definition) is 4. The van der Waals surface area contributed by atoms with Gasteiger partial charge < -0.3 is 10.0 Å². The van der Waals surface area contributed by atoms with Crippen LogP contribution >= 0.6 is 0 Å². The van der Waals surface area contributed by atoms with Gasteiger partial charge in [-0.25, -0.2) is 4.98 Å². The second-order valence-electron chi connectivity index (χ2n) is 5.23. The maximum atomic E-state index is 10.6. The maximum absolute atomic E-state index is 10.6. The van der Waals surface area contributed by atoms with Crippen LogP contribution in [0.2, 0.25) is 0 Å². The second kappa shape index (κ2) is 5.80. The smallest absolute Gasteiger partial charge is 0.138 e. The molecule has 0 bridgehead atoms. The van der Waals surface area contributed by atoms with Crippen LogP contribution in [0.4, 0.5) is 0 Å². The summed E-state index contributed by atoms with van der Waals surface area (Å²) < 4.78 is 1.92. The van der Waals surface area contributed by atoms with E-state index >= 15 is 0 Å².